The molecule has 18 heavy (non-hydrogen) atoms. The number of amides is 2. The van der Waals surface area contributed by atoms with E-state index >= 15 is 0 Å². The molecule has 0 bridgehead atoms. The molecule has 1 aliphatic carbocycles. The molecule has 5 nitrogen and oxygen atoms in total. The van der Waals surface area contributed by atoms with E-state index < -0.39 is 12.0 Å². The molecule has 1 atom stereocenters. The van der Waals surface area contributed by atoms with Crippen molar-refractivity contribution in [3.63, 3.8) is 0 Å². The van der Waals surface area contributed by atoms with E-state index in [4.69, 9.17) is 11.5 Å². The first kappa shape index (κ1) is 12.7. The topological polar surface area (TPSA) is 60.9 Å². The van der Waals surface area contributed by atoms with Crippen LogP contribution < -0.4 is 0 Å². The molecule has 1 saturated heterocycles. The highest BCUT2D eigenvalue weighted by atomic mass is 16.4. The van der Waals surface area contributed by atoms with Crippen LogP contribution in [0.25, 0.3) is 0 Å². The van der Waals surface area contributed by atoms with Crippen molar-refractivity contribution in [2.24, 2.45) is 5.92 Å². The van der Waals surface area contributed by atoms with E-state index in [2.05, 4.69) is 5.92 Å². The molecule has 2 amide bonds. The predicted molar refractivity (Wildman–Crippen MR) is 65.9 cm³/mol. The second-order valence-corrected chi connectivity index (χ2v) is 5.00. The predicted octanol–water partition coefficient (Wildman–Crippen LogP) is 1.00. The number of nitrogens with zero attached hydrogens (tertiary/aromatic N) is 2. The fourth-order valence-corrected chi connectivity index (χ4v) is 2.37. The van der Waals surface area contributed by atoms with Gasteiger partial charge in [0.25, 0.3) is 0 Å². The maximum Gasteiger partial charge on any atom is 0.326 e. The molecular weight excluding hydrogens is 232 g/mol. The van der Waals surface area contributed by atoms with Crippen molar-refractivity contribution in [1.82, 2.24) is 9.80 Å². The standard InChI is InChI=1S/C13H18N2O3/c1-2-7-14(9-10-5-6-10)13(18)15-8-3-4-11(15)12(16)17/h1,10-11H,3-9H2,(H,16,17)/t11-/m0/s1. The number of rotatable bonds is 4. The van der Waals surface area contributed by atoms with Gasteiger partial charge in [-0.25, -0.2) is 9.59 Å². The molecule has 2 fully saturated rings. The third-order valence-corrected chi connectivity index (χ3v) is 3.51. The van der Waals surface area contributed by atoms with Crippen LogP contribution in [0.4, 0.5) is 4.79 Å². The maximum absolute atomic E-state index is 12.3. The normalized spacial score (nSPS) is 22.6. The van der Waals surface area contributed by atoms with Gasteiger partial charge in [-0.05, 0) is 31.6 Å². The number of carboxylic acid groups (broad SMARTS) is 1. The Kier molecular flexibility index (Phi) is 3.75. The number of hydrogen-bond donors (Lipinski definition) is 1. The highest BCUT2D eigenvalue weighted by Crippen LogP contribution is 2.30. The number of urea groups is 1. The van der Waals surface area contributed by atoms with Crippen molar-refractivity contribution in [3.05, 3.63) is 0 Å². The Morgan fingerprint density at radius 2 is 2.11 bits per heavy atom. The van der Waals surface area contributed by atoms with Gasteiger partial charge < -0.3 is 14.9 Å². The summed E-state index contributed by atoms with van der Waals surface area (Å²) in [7, 11) is 0. The lowest BCUT2D eigenvalue weighted by atomic mass is 10.2. The van der Waals surface area contributed by atoms with Crippen molar-refractivity contribution in [2.75, 3.05) is 19.6 Å². The van der Waals surface area contributed by atoms with Gasteiger partial charge >= 0.3 is 12.0 Å². The zero-order chi connectivity index (χ0) is 13.1. The number of likely N-dealkylation sites (tertiary alicyclic amines) is 1. The van der Waals surface area contributed by atoms with Crippen molar-refractivity contribution in [3.8, 4) is 12.3 Å². The second kappa shape index (κ2) is 5.30. The van der Waals surface area contributed by atoms with Gasteiger partial charge in [0.05, 0.1) is 6.54 Å². The van der Waals surface area contributed by atoms with Crippen LogP contribution in [0, 0.1) is 18.3 Å². The Labute approximate surface area is 107 Å². The van der Waals surface area contributed by atoms with Gasteiger partial charge in [-0.3, -0.25) is 0 Å². The second-order valence-electron chi connectivity index (χ2n) is 5.00. The SMILES string of the molecule is C#CCN(CC1CC1)C(=O)N1CCC[C@H]1C(=O)O. The van der Waals surface area contributed by atoms with Crippen molar-refractivity contribution in [2.45, 2.75) is 31.7 Å². The summed E-state index contributed by atoms with van der Waals surface area (Å²) in [5.41, 5.74) is 0. The zero-order valence-electron chi connectivity index (χ0n) is 10.3. The number of terminal acetylenes is 1. The van der Waals surface area contributed by atoms with Crippen LogP contribution in [0.1, 0.15) is 25.7 Å². The first-order chi connectivity index (χ1) is 8.63. The first-order valence-electron chi connectivity index (χ1n) is 6.35. The van der Waals surface area contributed by atoms with E-state index in [0.717, 1.165) is 19.3 Å². The minimum atomic E-state index is -0.923. The lowest BCUT2D eigenvalue weighted by Crippen LogP contribution is -2.48. The Hall–Kier alpha value is -1.70. The van der Waals surface area contributed by atoms with Crippen LogP contribution >= 0.6 is 0 Å². The van der Waals surface area contributed by atoms with Gasteiger partial charge in [0.2, 0.25) is 0 Å². The molecular formula is C13H18N2O3. The molecule has 1 N–H and O–H groups in total. The largest absolute Gasteiger partial charge is 0.480 e. The Bertz CT molecular complexity index is 384. The monoisotopic (exact) mass is 250 g/mol. The quantitative estimate of drug-likeness (QED) is 0.757. The van der Waals surface area contributed by atoms with E-state index in [1.54, 1.807) is 4.90 Å². The molecule has 0 aromatic heterocycles. The van der Waals surface area contributed by atoms with Crippen molar-refractivity contribution < 1.29 is 14.7 Å². The van der Waals surface area contributed by atoms with Gasteiger partial charge in [-0.1, -0.05) is 5.92 Å². The van der Waals surface area contributed by atoms with E-state index in [0.29, 0.717) is 25.4 Å². The van der Waals surface area contributed by atoms with Crippen LogP contribution in [0.15, 0.2) is 0 Å². The summed E-state index contributed by atoms with van der Waals surface area (Å²) in [5, 5.41) is 9.09. The highest BCUT2D eigenvalue weighted by Gasteiger charge is 2.37. The van der Waals surface area contributed by atoms with Gasteiger partial charge in [0.15, 0.2) is 0 Å². The molecule has 0 aromatic carbocycles. The Morgan fingerprint density at radius 1 is 1.39 bits per heavy atom. The smallest absolute Gasteiger partial charge is 0.326 e. The average molecular weight is 250 g/mol. The van der Waals surface area contributed by atoms with E-state index in [9.17, 15) is 9.59 Å². The number of carboxylic acids is 1. The van der Waals surface area contributed by atoms with Crippen LogP contribution in [0.3, 0.4) is 0 Å². The summed E-state index contributed by atoms with van der Waals surface area (Å²) in [6, 6.07) is -0.901. The lowest BCUT2D eigenvalue weighted by Gasteiger charge is -2.29. The average Bonchev–Trinajstić information content (AvgIpc) is 3.01. The highest BCUT2D eigenvalue weighted by molar-refractivity contribution is 5.83. The summed E-state index contributed by atoms with van der Waals surface area (Å²) in [4.78, 5) is 26.4. The van der Waals surface area contributed by atoms with Crippen molar-refractivity contribution >= 4 is 12.0 Å². The summed E-state index contributed by atoms with van der Waals surface area (Å²) in [5.74, 6) is 2.11. The zero-order valence-corrected chi connectivity index (χ0v) is 10.3. The van der Waals surface area contributed by atoms with Gasteiger partial charge in [-0.2, -0.15) is 0 Å². The summed E-state index contributed by atoms with van der Waals surface area (Å²) in [6.07, 6.45) is 8.83. The van der Waals surface area contributed by atoms with Crippen LogP contribution in [-0.4, -0.2) is 52.6 Å². The molecule has 1 saturated carbocycles. The van der Waals surface area contributed by atoms with Crippen LogP contribution in [0.5, 0.6) is 0 Å². The lowest BCUT2D eigenvalue weighted by molar-refractivity contribution is -0.141. The molecule has 98 valence electrons. The van der Waals surface area contributed by atoms with Gasteiger partial charge in [0, 0.05) is 13.1 Å². The minimum Gasteiger partial charge on any atom is -0.480 e. The van der Waals surface area contributed by atoms with Crippen molar-refractivity contribution in [1.29, 1.82) is 0 Å². The Morgan fingerprint density at radius 3 is 2.67 bits per heavy atom. The summed E-state index contributed by atoms with van der Waals surface area (Å²) in [6.45, 7) is 1.44. The van der Waals surface area contributed by atoms with E-state index in [1.807, 2.05) is 0 Å². The molecule has 1 heterocycles. The molecule has 0 aromatic rings. The number of carbonyl (C=O) groups excluding carboxylic acids is 1. The van der Waals surface area contributed by atoms with E-state index in [-0.39, 0.29) is 12.6 Å². The molecule has 2 rings (SSSR count). The molecule has 2 aliphatic rings. The Balaban J connectivity index is 2.02. The minimum absolute atomic E-state index is 0.218. The number of hydrogen-bond acceptors (Lipinski definition) is 2. The van der Waals surface area contributed by atoms with Crippen LogP contribution in [0.2, 0.25) is 0 Å². The number of carbonyl (C=O) groups is 2. The molecule has 0 radical (unpaired) electrons. The third-order valence-electron chi connectivity index (χ3n) is 3.51. The summed E-state index contributed by atoms with van der Waals surface area (Å²) >= 11 is 0. The third kappa shape index (κ3) is 2.76. The van der Waals surface area contributed by atoms with E-state index in [1.165, 1.54) is 4.90 Å². The summed E-state index contributed by atoms with van der Waals surface area (Å²) < 4.78 is 0. The van der Waals surface area contributed by atoms with Gasteiger partial charge in [0.1, 0.15) is 6.04 Å². The molecule has 0 spiro atoms. The molecule has 1 aliphatic heterocycles. The van der Waals surface area contributed by atoms with Gasteiger partial charge in [-0.15, -0.1) is 6.42 Å². The van der Waals surface area contributed by atoms with Crippen LogP contribution in [-0.2, 0) is 4.79 Å². The first-order valence-corrected chi connectivity index (χ1v) is 6.35. The molecule has 5 heteroatoms. The maximum atomic E-state index is 12.3. The molecule has 0 unspecified atom stereocenters. The fraction of sp³-hybridized carbons (Fsp3) is 0.692. The fourth-order valence-electron chi connectivity index (χ4n) is 2.37. The number of aliphatic carboxylic acids is 1.